The summed E-state index contributed by atoms with van der Waals surface area (Å²) in [6.45, 7) is 3.40. The third-order valence-corrected chi connectivity index (χ3v) is 2.07. The third kappa shape index (κ3) is 1.39. The van der Waals surface area contributed by atoms with Crippen molar-refractivity contribution in [2.24, 2.45) is 0 Å². The molecule has 0 bridgehead atoms. The van der Waals surface area contributed by atoms with E-state index in [4.69, 9.17) is 0 Å². The van der Waals surface area contributed by atoms with E-state index in [1.807, 2.05) is 24.3 Å². The highest BCUT2D eigenvalue weighted by molar-refractivity contribution is 5.89. The third-order valence-electron chi connectivity index (χ3n) is 2.07. The number of pyridine rings is 1. The lowest BCUT2D eigenvalue weighted by atomic mass is 10.1. The molecule has 0 aliphatic heterocycles. The molecular formula is C12H9FN. The first-order valence-corrected chi connectivity index (χ1v) is 4.32. The highest BCUT2D eigenvalue weighted by Crippen LogP contribution is 2.23. The molecule has 1 aromatic heterocycles. The summed E-state index contributed by atoms with van der Waals surface area (Å²) in [5, 5.41) is 0.932. The summed E-state index contributed by atoms with van der Waals surface area (Å²) in [7, 11) is 0. The van der Waals surface area contributed by atoms with Crippen LogP contribution in [0, 0.1) is 6.92 Å². The highest BCUT2D eigenvalue weighted by Gasteiger charge is 2.04. The van der Waals surface area contributed by atoms with Gasteiger partial charge in [-0.05, 0) is 25.1 Å². The predicted molar refractivity (Wildman–Crippen MR) is 56.2 cm³/mol. The molecule has 0 unspecified atom stereocenters. The van der Waals surface area contributed by atoms with Crippen LogP contribution in [0.5, 0.6) is 0 Å². The second-order valence-corrected chi connectivity index (χ2v) is 2.93. The number of nitrogens with zero attached hydrogens (tertiary/aromatic N) is 1. The van der Waals surface area contributed by atoms with Crippen molar-refractivity contribution in [3.05, 3.63) is 55.1 Å². The summed E-state index contributed by atoms with van der Waals surface area (Å²) in [6, 6.07) is 9.15. The minimum Gasteiger partial charge on any atom is -0.256 e. The van der Waals surface area contributed by atoms with Crippen molar-refractivity contribution >= 4 is 16.7 Å². The molecule has 0 fully saturated rings. The van der Waals surface area contributed by atoms with Gasteiger partial charge >= 0.3 is 0 Å². The van der Waals surface area contributed by atoms with Crippen molar-refractivity contribution in [1.82, 2.24) is 4.98 Å². The van der Waals surface area contributed by atoms with Crippen molar-refractivity contribution in [1.29, 1.82) is 0 Å². The number of aromatic nitrogens is 1. The maximum absolute atomic E-state index is 13.4. The quantitative estimate of drug-likeness (QED) is 0.665. The number of allylic oxidation sites excluding steroid dienone is 1. The van der Waals surface area contributed by atoms with Crippen LogP contribution in [0.3, 0.4) is 0 Å². The summed E-state index contributed by atoms with van der Waals surface area (Å²) in [6.07, 6.45) is 2.85. The van der Waals surface area contributed by atoms with Crippen LogP contribution < -0.4 is 0 Å². The van der Waals surface area contributed by atoms with E-state index < -0.39 is 0 Å². The van der Waals surface area contributed by atoms with Crippen LogP contribution in [0.4, 0.5) is 4.39 Å². The Morgan fingerprint density at radius 2 is 2.07 bits per heavy atom. The maximum Gasteiger partial charge on any atom is 0.128 e. The maximum atomic E-state index is 13.4. The Morgan fingerprint density at radius 1 is 1.29 bits per heavy atom. The minimum atomic E-state index is -0.339. The molecule has 2 aromatic rings. The van der Waals surface area contributed by atoms with Gasteiger partial charge in [0.15, 0.2) is 0 Å². The van der Waals surface area contributed by atoms with Crippen LogP contribution in [0.25, 0.3) is 16.7 Å². The minimum absolute atomic E-state index is 0.339. The van der Waals surface area contributed by atoms with Gasteiger partial charge in [-0.3, -0.25) is 4.98 Å². The lowest BCUT2D eigenvalue weighted by Gasteiger charge is -2.02. The summed E-state index contributed by atoms with van der Waals surface area (Å²) in [5.41, 5.74) is 1.17. The number of fused-ring (bicyclic) bond motifs is 1. The lowest BCUT2D eigenvalue weighted by molar-refractivity contribution is 0.761. The van der Waals surface area contributed by atoms with E-state index in [0.717, 1.165) is 5.39 Å². The zero-order valence-electron chi connectivity index (χ0n) is 7.57. The number of hydrogen-bond donors (Lipinski definition) is 0. The number of para-hydroxylation sites is 1. The molecular weight excluding hydrogens is 177 g/mol. The van der Waals surface area contributed by atoms with Crippen LogP contribution in [-0.4, -0.2) is 4.98 Å². The molecule has 0 atom stereocenters. The first kappa shape index (κ1) is 8.88. The Bertz CT molecular complexity index is 483. The average Bonchev–Trinajstić information content (AvgIpc) is 2.27. The summed E-state index contributed by atoms with van der Waals surface area (Å²) in [5.74, 6) is -0.339. The summed E-state index contributed by atoms with van der Waals surface area (Å²) >= 11 is 0. The van der Waals surface area contributed by atoms with Gasteiger partial charge in [-0.15, -0.1) is 0 Å². The van der Waals surface area contributed by atoms with Crippen LogP contribution in [-0.2, 0) is 0 Å². The van der Waals surface area contributed by atoms with Gasteiger partial charge in [0.2, 0.25) is 0 Å². The monoisotopic (exact) mass is 186 g/mol. The highest BCUT2D eigenvalue weighted by atomic mass is 19.1. The molecule has 0 N–H and O–H groups in total. The topological polar surface area (TPSA) is 12.9 Å². The second-order valence-electron chi connectivity index (χ2n) is 2.93. The summed E-state index contributed by atoms with van der Waals surface area (Å²) in [4.78, 5) is 4.14. The fourth-order valence-corrected chi connectivity index (χ4v) is 1.41. The first-order chi connectivity index (χ1) is 6.83. The van der Waals surface area contributed by atoms with Gasteiger partial charge in [-0.1, -0.05) is 18.2 Å². The number of halogens is 1. The first-order valence-electron chi connectivity index (χ1n) is 4.32. The molecule has 0 amide bonds. The molecule has 1 nitrogen and oxygen atoms in total. The normalized spacial score (nSPS) is 12.0. The van der Waals surface area contributed by atoms with Gasteiger partial charge < -0.3 is 0 Å². The van der Waals surface area contributed by atoms with Crippen LogP contribution in [0.15, 0.2) is 42.6 Å². The molecule has 2 rings (SSSR count). The fourth-order valence-electron chi connectivity index (χ4n) is 1.41. The van der Waals surface area contributed by atoms with E-state index in [1.54, 1.807) is 12.3 Å². The zero-order valence-corrected chi connectivity index (χ0v) is 7.57. The lowest BCUT2D eigenvalue weighted by Crippen LogP contribution is -1.84. The molecule has 0 saturated heterocycles. The van der Waals surface area contributed by atoms with Crippen LogP contribution in [0.2, 0.25) is 0 Å². The Balaban J connectivity index is 2.77. The molecule has 0 aliphatic rings. The second kappa shape index (κ2) is 3.58. The molecule has 14 heavy (non-hydrogen) atoms. The number of benzene rings is 1. The van der Waals surface area contributed by atoms with E-state index >= 15 is 0 Å². The molecule has 0 aliphatic carbocycles. The average molecular weight is 186 g/mol. The van der Waals surface area contributed by atoms with Crippen molar-refractivity contribution in [3.8, 4) is 0 Å². The Kier molecular flexibility index (Phi) is 2.27. The SMILES string of the molecule is [CH2]/C=C(\F)c1cccc2cccnc12. The van der Waals surface area contributed by atoms with Gasteiger partial charge in [-0.25, -0.2) is 4.39 Å². The van der Waals surface area contributed by atoms with E-state index in [1.165, 1.54) is 6.08 Å². The van der Waals surface area contributed by atoms with Crippen molar-refractivity contribution in [3.63, 3.8) is 0 Å². The van der Waals surface area contributed by atoms with Crippen molar-refractivity contribution < 1.29 is 4.39 Å². The standard InChI is InChI=1S/C12H9FN/c1-2-11(13)10-7-3-5-9-6-4-8-14-12(9)10/h2-8H,1H2/b11-2-. The van der Waals surface area contributed by atoms with Gasteiger partial charge in [0.05, 0.1) is 5.52 Å². The van der Waals surface area contributed by atoms with Crippen molar-refractivity contribution in [2.75, 3.05) is 0 Å². The molecule has 2 heteroatoms. The fraction of sp³-hybridized carbons (Fsp3) is 0. The van der Waals surface area contributed by atoms with Gasteiger partial charge in [0, 0.05) is 17.1 Å². The van der Waals surface area contributed by atoms with Crippen LogP contribution >= 0.6 is 0 Å². The van der Waals surface area contributed by atoms with E-state index in [-0.39, 0.29) is 5.83 Å². The van der Waals surface area contributed by atoms with Gasteiger partial charge in [0.25, 0.3) is 0 Å². The van der Waals surface area contributed by atoms with Gasteiger partial charge in [0.1, 0.15) is 5.83 Å². The zero-order chi connectivity index (χ0) is 9.97. The van der Waals surface area contributed by atoms with E-state index in [2.05, 4.69) is 11.9 Å². The molecule has 1 heterocycles. The molecule has 69 valence electrons. The number of hydrogen-bond acceptors (Lipinski definition) is 1. The number of rotatable bonds is 1. The smallest absolute Gasteiger partial charge is 0.128 e. The summed E-state index contributed by atoms with van der Waals surface area (Å²) < 4.78 is 13.4. The molecule has 1 aromatic carbocycles. The van der Waals surface area contributed by atoms with Crippen molar-refractivity contribution in [2.45, 2.75) is 0 Å². The van der Waals surface area contributed by atoms with E-state index in [0.29, 0.717) is 11.1 Å². The Morgan fingerprint density at radius 3 is 2.86 bits per heavy atom. The largest absolute Gasteiger partial charge is 0.256 e. The molecule has 0 spiro atoms. The Labute approximate surface area is 81.9 Å². The van der Waals surface area contributed by atoms with E-state index in [9.17, 15) is 4.39 Å². The molecule has 1 radical (unpaired) electrons. The Hall–Kier alpha value is -1.70. The van der Waals surface area contributed by atoms with Gasteiger partial charge in [-0.2, -0.15) is 0 Å². The molecule has 0 saturated carbocycles. The van der Waals surface area contributed by atoms with Crippen LogP contribution in [0.1, 0.15) is 5.56 Å². The predicted octanol–water partition coefficient (Wildman–Crippen LogP) is 3.38.